The molecule has 0 unspecified atom stereocenters. The first kappa shape index (κ1) is 13.5. The van der Waals surface area contributed by atoms with Crippen LogP contribution in [0.2, 0.25) is 0 Å². The second-order valence-electron chi connectivity index (χ2n) is 5.37. The molecule has 5 heteroatoms. The Morgan fingerprint density at radius 2 is 2.05 bits per heavy atom. The van der Waals surface area contributed by atoms with E-state index in [-0.39, 0.29) is 17.3 Å². The monoisotopic (exact) mass is 286 g/mol. The fraction of sp³-hybridized carbons (Fsp3) is 0.250. The molecule has 108 valence electrons. The van der Waals surface area contributed by atoms with Crippen LogP contribution in [0.1, 0.15) is 31.2 Å². The van der Waals surface area contributed by atoms with Crippen molar-refractivity contribution in [3.63, 3.8) is 0 Å². The summed E-state index contributed by atoms with van der Waals surface area (Å²) in [7, 11) is 0. The molecule has 0 fully saturated rings. The summed E-state index contributed by atoms with van der Waals surface area (Å²) in [6.07, 6.45) is 0. The smallest absolute Gasteiger partial charge is 0.254 e. The molecule has 4 nitrogen and oxygen atoms in total. The van der Waals surface area contributed by atoms with Crippen molar-refractivity contribution in [1.82, 2.24) is 9.97 Å². The Hall–Kier alpha value is -2.43. The molecule has 0 aliphatic heterocycles. The Morgan fingerprint density at radius 1 is 1.29 bits per heavy atom. The van der Waals surface area contributed by atoms with Gasteiger partial charge in [0.05, 0.1) is 0 Å². The first-order chi connectivity index (χ1) is 9.95. The molecular formula is C16H15FN2O2. The Bertz CT molecular complexity index is 878. The molecular weight excluding hydrogens is 271 g/mol. The average molecular weight is 286 g/mol. The van der Waals surface area contributed by atoms with E-state index in [9.17, 15) is 9.18 Å². The summed E-state index contributed by atoms with van der Waals surface area (Å²) in [6, 6.07) is 6.01. The van der Waals surface area contributed by atoms with E-state index in [1.54, 1.807) is 19.1 Å². The van der Waals surface area contributed by atoms with Gasteiger partial charge in [0, 0.05) is 16.9 Å². The number of halogens is 1. The minimum atomic E-state index is -0.326. The quantitative estimate of drug-likeness (QED) is 0.780. The average Bonchev–Trinajstić information content (AvgIpc) is 2.84. The van der Waals surface area contributed by atoms with Gasteiger partial charge in [-0.2, -0.15) is 0 Å². The van der Waals surface area contributed by atoms with Crippen molar-refractivity contribution in [2.24, 2.45) is 0 Å². The molecule has 0 aliphatic carbocycles. The lowest BCUT2D eigenvalue weighted by molar-refractivity contribution is 0.616. The number of hydrogen-bond acceptors (Lipinski definition) is 3. The number of nitrogens with one attached hydrogen (secondary N) is 1. The topological polar surface area (TPSA) is 58.9 Å². The van der Waals surface area contributed by atoms with E-state index in [4.69, 9.17) is 4.42 Å². The van der Waals surface area contributed by atoms with Gasteiger partial charge in [-0.1, -0.05) is 13.8 Å². The van der Waals surface area contributed by atoms with Gasteiger partial charge in [-0.05, 0) is 31.2 Å². The van der Waals surface area contributed by atoms with Crippen molar-refractivity contribution in [3.8, 4) is 11.5 Å². The molecule has 2 heterocycles. The minimum Gasteiger partial charge on any atom is -0.454 e. The number of H-pyrrole nitrogens is 1. The number of aromatic amines is 1. The second-order valence-corrected chi connectivity index (χ2v) is 5.37. The molecule has 0 amide bonds. The normalized spacial score (nSPS) is 11.5. The van der Waals surface area contributed by atoms with Crippen LogP contribution < -0.4 is 5.56 Å². The first-order valence-corrected chi connectivity index (χ1v) is 6.76. The maximum Gasteiger partial charge on any atom is 0.254 e. The summed E-state index contributed by atoms with van der Waals surface area (Å²) < 4.78 is 18.9. The van der Waals surface area contributed by atoms with Gasteiger partial charge < -0.3 is 9.40 Å². The van der Waals surface area contributed by atoms with Gasteiger partial charge in [0.1, 0.15) is 22.9 Å². The van der Waals surface area contributed by atoms with Crippen molar-refractivity contribution in [1.29, 1.82) is 0 Å². The van der Waals surface area contributed by atoms with Gasteiger partial charge in [-0.25, -0.2) is 9.37 Å². The molecule has 3 aromatic rings. The van der Waals surface area contributed by atoms with E-state index in [1.165, 1.54) is 12.1 Å². The van der Waals surface area contributed by atoms with Crippen LogP contribution in [0.5, 0.6) is 0 Å². The predicted molar refractivity (Wildman–Crippen MR) is 78.8 cm³/mol. The van der Waals surface area contributed by atoms with Gasteiger partial charge in [0.2, 0.25) is 0 Å². The lowest BCUT2D eigenvalue weighted by Crippen LogP contribution is -2.16. The van der Waals surface area contributed by atoms with Crippen molar-refractivity contribution in [2.75, 3.05) is 0 Å². The second kappa shape index (κ2) is 4.84. The number of rotatable bonds is 2. The molecule has 0 saturated carbocycles. The molecule has 0 radical (unpaired) electrons. The van der Waals surface area contributed by atoms with Gasteiger partial charge in [0.25, 0.3) is 5.56 Å². The number of fused-ring (bicyclic) bond motifs is 1. The highest BCUT2D eigenvalue weighted by Crippen LogP contribution is 2.28. The standard InChI is InChI=1S/C16H15FN2O2/c1-8(2)15-18-14(9(3)16(20)19-15)13-7-10-6-11(17)4-5-12(10)21-13/h4-8H,1-3H3,(H,18,19,20). The largest absolute Gasteiger partial charge is 0.454 e. The van der Waals surface area contributed by atoms with E-state index >= 15 is 0 Å². The van der Waals surface area contributed by atoms with Crippen LogP contribution in [0.15, 0.2) is 33.5 Å². The van der Waals surface area contributed by atoms with Crippen LogP contribution in [-0.4, -0.2) is 9.97 Å². The third kappa shape index (κ3) is 2.35. The van der Waals surface area contributed by atoms with Crippen LogP contribution >= 0.6 is 0 Å². The SMILES string of the molecule is Cc1c(-c2cc3cc(F)ccc3o2)nc(C(C)C)[nH]c1=O. The molecule has 0 bridgehead atoms. The molecule has 21 heavy (non-hydrogen) atoms. The maximum absolute atomic E-state index is 13.2. The van der Waals surface area contributed by atoms with E-state index in [1.807, 2.05) is 13.8 Å². The van der Waals surface area contributed by atoms with Crippen LogP contribution in [0.4, 0.5) is 4.39 Å². The summed E-state index contributed by atoms with van der Waals surface area (Å²) in [6.45, 7) is 5.59. The minimum absolute atomic E-state index is 0.0962. The zero-order valence-electron chi connectivity index (χ0n) is 12.0. The maximum atomic E-state index is 13.2. The lowest BCUT2D eigenvalue weighted by atomic mass is 10.1. The van der Waals surface area contributed by atoms with E-state index in [0.717, 1.165) is 0 Å². The highest BCUT2D eigenvalue weighted by Gasteiger charge is 2.15. The number of nitrogens with zero attached hydrogens (tertiary/aromatic N) is 1. The van der Waals surface area contributed by atoms with Gasteiger partial charge in [-0.15, -0.1) is 0 Å². The van der Waals surface area contributed by atoms with Gasteiger partial charge >= 0.3 is 0 Å². The van der Waals surface area contributed by atoms with Crippen molar-refractivity contribution >= 4 is 11.0 Å². The molecule has 3 rings (SSSR count). The molecule has 0 atom stereocenters. The summed E-state index contributed by atoms with van der Waals surface area (Å²) in [4.78, 5) is 19.2. The first-order valence-electron chi connectivity index (χ1n) is 6.76. The molecule has 1 aromatic carbocycles. The Kier molecular flexibility index (Phi) is 3.12. The molecule has 2 aromatic heterocycles. The fourth-order valence-electron chi connectivity index (χ4n) is 2.19. The number of aromatic nitrogens is 2. The van der Waals surface area contributed by atoms with Gasteiger partial charge in [0.15, 0.2) is 5.76 Å². The van der Waals surface area contributed by atoms with E-state index in [2.05, 4.69) is 9.97 Å². The Morgan fingerprint density at radius 3 is 2.76 bits per heavy atom. The van der Waals surface area contributed by atoms with Crippen molar-refractivity contribution < 1.29 is 8.81 Å². The van der Waals surface area contributed by atoms with Crippen LogP contribution in [-0.2, 0) is 0 Å². The van der Waals surface area contributed by atoms with Crippen LogP contribution in [0.25, 0.3) is 22.4 Å². The zero-order valence-corrected chi connectivity index (χ0v) is 12.0. The third-order valence-corrected chi connectivity index (χ3v) is 3.43. The Labute approximate surface area is 120 Å². The van der Waals surface area contributed by atoms with Crippen LogP contribution in [0.3, 0.4) is 0 Å². The summed E-state index contributed by atoms with van der Waals surface area (Å²) in [5, 5.41) is 0.651. The fourth-order valence-corrected chi connectivity index (χ4v) is 2.19. The predicted octanol–water partition coefficient (Wildman–Crippen LogP) is 3.75. The van der Waals surface area contributed by atoms with E-state index in [0.29, 0.717) is 33.8 Å². The van der Waals surface area contributed by atoms with Gasteiger partial charge in [-0.3, -0.25) is 4.79 Å². The number of furan rings is 1. The van der Waals surface area contributed by atoms with E-state index < -0.39 is 0 Å². The number of benzene rings is 1. The molecule has 1 N–H and O–H groups in total. The third-order valence-electron chi connectivity index (χ3n) is 3.43. The summed E-state index contributed by atoms with van der Waals surface area (Å²) >= 11 is 0. The molecule has 0 spiro atoms. The van der Waals surface area contributed by atoms with Crippen molar-refractivity contribution in [2.45, 2.75) is 26.7 Å². The number of hydrogen-bond donors (Lipinski definition) is 1. The van der Waals surface area contributed by atoms with Crippen LogP contribution in [0, 0.1) is 12.7 Å². The zero-order chi connectivity index (χ0) is 15.1. The highest BCUT2D eigenvalue weighted by atomic mass is 19.1. The molecule has 0 aliphatic rings. The summed E-state index contributed by atoms with van der Waals surface area (Å²) in [5.74, 6) is 0.848. The highest BCUT2D eigenvalue weighted by molar-refractivity contribution is 5.82. The lowest BCUT2D eigenvalue weighted by Gasteiger charge is -2.07. The van der Waals surface area contributed by atoms with Crippen molar-refractivity contribution in [3.05, 3.63) is 51.8 Å². The summed E-state index contributed by atoms with van der Waals surface area (Å²) in [5.41, 5.74) is 1.37. The molecule has 0 saturated heterocycles. The Balaban J connectivity index is 2.24.